The van der Waals surface area contributed by atoms with E-state index in [-0.39, 0.29) is 0 Å². The largest absolute Gasteiger partial charge is 0.351 e. The molecule has 1 aliphatic carbocycles. The SMILES string of the molecule is c1ccc2[nH]c(-c3nc(C4CC4)no3)cc2c1. The minimum Gasteiger partial charge on any atom is -0.351 e. The van der Waals surface area contributed by atoms with Gasteiger partial charge in [0, 0.05) is 16.8 Å². The van der Waals surface area contributed by atoms with Gasteiger partial charge in [-0.2, -0.15) is 4.98 Å². The van der Waals surface area contributed by atoms with Crippen molar-refractivity contribution in [2.45, 2.75) is 18.8 Å². The maximum atomic E-state index is 5.29. The fourth-order valence-electron chi connectivity index (χ4n) is 2.04. The van der Waals surface area contributed by atoms with Gasteiger partial charge in [0.25, 0.3) is 5.89 Å². The Morgan fingerprint density at radius 3 is 2.94 bits per heavy atom. The van der Waals surface area contributed by atoms with Crippen LogP contribution >= 0.6 is 0 Å². The molecule has 1 N–H and O–H groups in total. The molecule has 0 unspecified atom stereocenters. The van der Waals surface area contributed by atoms with Crippen LogP contribution in [0, 0.1) is 0 Å². The van der Waals surface area contributed by atoms with Crippen LogP contribution in [0.25, 0.3) is 22.5 Å². The molecule has 1 aromatic carbocycles. The molecule has 0 spiro atoms. The zero-order valence-corrected chi connectivity index (χ0v) is 9.18. The summed E-state index contributed by atoms with van der Waals surface area (Å²) in [6, 6.07) is 10.2. The van der Waals surface area contributed by atoms with E-state index in [1.54, 1.807) is 0 Å². The van der Waals surface area contributed by atoms with Gasteiger partial charge in [-0.05, 0) is 25.0 Å². The maximum absolute atomic E-state index is 5.29. The molecule has 1 fully saturated rings. The number of hydrogen-bond acceptors (Lipinski definition) is 3. The molecular weight excluding hydrogens is 214 g/mol. The summed E-state index contributed by atoms with van der Waals surface area (Å²) >= 11 is 0. The van der Waals surface area contributed by atoms with Crippen LogP contribution in [0.5, 0.6) is 0 Å². The van der Waals surface area contributed by atoms with Gasteiger partial charge in [-0.25, -0.2) is 0 Å². The second-order valence-electron chi connectivity index (χ2n) is 4.50. The molecule has 2 aromatic heterocycles. The van der Waals surface area contributed by atoms with Crippen LogP contribution in [0.2, 0.25) is 0 Å². The third kappa shape index (κ3) is 1.45. The summed E-state index contributed by atoms with van der Waals surface area (Å²) in [7, 11) is 0. The number of para-hydroxylation sites is 1. The average Bonchev–Trinajstić information content (AvgIpc) is 2.94. The average molecular weight is 225 g/mol. The highest BCUT2D eigenvalue weighted by Gasteiger charge is 2.29. The van der Waals surface area contributed by atoms with Crippen LogP contribution in [0.15, 0.2) is 34.9 Å². The minimum atomic E-state index is 0.525. The molecule has 0 radical (unpaired) electrons. The summed E-state index contributed by atoms with van der Waals surface area (Å²) in [4.78, 5) is 7.72. The van der Waals surface area contributed by atoms with Crippen LogP contribution in [0.1, 0.15) is 24.6 Å². The molecular formula is C13H11N3O. The van der Waals surface area contributed by atoms with Crippen molar-refractivity contribution in [3.8, 4) is 11.6 Å². The molecule has 0 saturated heterocycles. The van der Waals surface area contributed by atoms with Crippen molar-refractivity contribution in [1.82, 2.24) is 15.1 Å². The van der Waals surface area contributed by atoms with Gasteiger partial charge in [0.2, 0.25) is 0 Å². The van der Waals surface area contributed by atoms with E-state index >= 15 is 0 Å². The Kier molecular flexibility index (Phi) is 1.69. The Morgan fingerprint density at radius 2 is 2.12 bits per heavy atom. The maximum Gasteiger partial charge on any atom is 0.274 e. The van der Waals surface area contributed by atoms with Crippen molar-refractivity contribution in [2.24, 2.45) is 0 Å². The molecule has 1 saturated carbocycles. The van der Waals surface area contributed by atoms with E-state index in [4.69, 9.17) is 4.52 Å². The standard InChI is InChI=1S/C13H11N3O/c1-2-4-10-9(3-1)7-11(14-10)13-15-12(16-17-13)8-5-6-8/h1-4,7-8,14H,5-6H2. The number of nitrogens with one attached hydrogen (secondary N) is 1. The molecule has 0 amide bonds. The van der Waals surface area contributed by atoms with Crippen molar-refractivity contribution in [3.63, 3.8) is 0 Å². The van der Waals surface area contributed by atoms with Crippen LogP contribution in [0.4, 0.5) is 0 Å². The van der Waals surface area contributed by atoms with Crippen molar-refractivity contribution in [1.29, 1.82) is 0 Å². The number of hydrogen-bond donors (Lipinski definition) is 1. The second-order valence-corrected chi connectivity index (χ2v) is 4.50. The quantitative estimate of drug-likeness (QED) is 0.729. The minimum absolute atomic E-state index is 0.525. The lowest BCUT2D eigenvalue weighted by atomic mass is 10.2. The Morgan fingerprint density at radius 1 is 1.24 bits per heavy atom. The van der Waals surface area contributed by atoms with Crippen molar-refractivity contribution in [3.05, 3.63) is 36.2 Å². The molecule has 0 aliphatic heterocycles. The summed E-state index contributed by atoms with van der Waals surface area (Å²) in [6.45, 7) is 0. The molecule has 4 heteroatoms. The van der Waals surface area contributed by atoms with Gasteiger partial charge in [-0.1, -0.05) is 23.4 Å². The molecule has 3 aromatic rings. The molecule has 4 rings (SSSR count). The number of H-pyrrole nitrogens is 1. The molecule has 17 heavy (non-hydrogen) atoms. The van der Waals surface area contributed by atoms with E-state index in [0.717, 1.165) is 22.4 Å². The van der Waals surface area contributed by atoms with Gasteiger partial charge in [0.1, 0.15) is 5.69 Å². The predicted molar refractivity (Wildman–Crippen MR) is 63.6 cm³/mol. The van der Waals surface area contributed by atoms with Gasteiger partial charge < -0.3 is 9.51 Å². The Hall–Kier alpha value is -2.10. The summed E-state index contributed by atoms with van der Waals surface area (Å²) < 4.78 is 5.29. The first-order chi connectivity index (χ1) is 8.40. The predicted octanol–water partition coefficient (Wildman–Crippen LogP) is 3.10. The highest BCUT2D eigenvalue weighted by Crippen LogP contribution is 2.38. The topological polar surface area (TPSA) is 54.7 Å². The summed E-state index contributed by atoms with van der Waals surface area (Å²) in [5, 5.41) is 5.18. The Balaban J connectivity index is 1.80. The second kappa shape index (κ2) is 3.20. The summed E-state index contributed by atoms with van der Waals surface area (Å²) in [5.74, 6) is 1.96. The summed E-state index contributed by atoms with van der Waals surface area (Å²) in [5.41, 5.74) is 1.99. The number of fused-ring (bicyclic) bond motifs is 1. The summed E-state index contributed by atoms with van der Waals surface area (Å²) in [6.07, 6.45) is 2.37. The van der Waals surface area contributed by atoms with E-state index in [0.29, 0.717) is 11.8 Å². The molecule has 84 valence electrons. The molecule has 0 bridgehead atoms. The first kappa shape index (κ1) is 8.98. The smallest absolute Gasteiger partial charge is 0.274 e. The van der Waals surface area contributed by atoms with E-state index in [1.807, 2.05) is 24.3 Å². The number of aromatic amines is 1. The monoisotopic (exact) mass is 225 g/mol. The fraction of sp³-hybridized carbons (Fsp3) is 0.231. The van der Waals surface area contributed by atoms with Crippen LogP contribution in [-0.2, 0) is 0 Å². The third-order valence-corrected chi connectivity index (χ3v) is 3.14. The molecule has 0 atom stereocenters. The van der Waals surface area contributed by atoms with E-state index in [9.17, 15) is 0 Å². The first-order valence-corrected chi connectivity index (χ1v) is 5.82. The lowest BCUT2D eigenvalue weighted by molar-refractivity contribution is 0.422. The lowest BCUT2D eigenvalue weighted by Gasteiger charge is -1.85. The zero-order valence-electron chi connectivity index (χ0n) is 9.18. The Labute approximate surface area is 97.7 Å². The van der Waals surface area contributed by atoms with Crippen LogP contribution < -0.4 is 0 Å². The van der Waals surface area contributed by atoms with E-state index < -0.39 is 0 Å². The van der Waals surface area contributed by atoms with Gasteiger partial charge in [-0.15, -0.1) is 0 Å². The van der Waals surface area contributed by atoms with Gasteiger partial charge in [0.15, 0.2) is 5.82 Å². The molecule has 2 heterocycles. The van der Waals surface area contributed by atoms with Gasteiger partial charge in [0.05, 0.1) is 0 Å². The van der Waals surface area contributed by atoms with E-state index in [2.05, 4.69) is 21.2 Å². The van der Waals surface area contributed by atoms with E-state index in [1.165, 1.54) is 12.8 Å². The normalized spacial score (nSPS) is 15.5. The lowest BCUT2D eigenvalue weighted by Crippen LogP contribution is -1.81. The number of rotatable bonds is 2. The highest BCUT2D eigenvalue weighted by atomic mass is 16.5. The van der Waals surface area contributed by atoms with Crippen LogP contribution in [-0.4, -0.2) is 15.1 Å². The fourth-order valence-corrected chi connectivity index (χ4v) is 2.04. The van der Waals surface area contributed by atoms with Crippen LogP contribution in [0.3, 0.4) is 0 Å². The third-order valence-electron chi connectivity index (χ3n) is 3.14. The van der Waals surface area contributed by atoms with Crippen molar-refractivity contribution in [2.75, 3.05) is 0 Å². The van der Waals surface area contributed by atoms with Crippen molar-refractivity contribution < 1.29 is 4.52 Å². The molecule has 1 aliphatic rings. The number of nitrogens with zero attached hydrogens (tertiary/aromatic N) is 2. The number of benzene rings is 1. The zero-order chi connectivity index (χ0) is 11.2. The van der Waals surface area contributed by atoms with Gasteiger partial charge >= 0.3 is 0 Å². The molecule has 4 nitrogen and oxygen atoms in total. The Bertz CT molecular complexity index is 646. The number of aromatic nitrogens is 3. The van der Waals surface area contributed by atoms with Gasteiger partial charge in [-0.3, -0.25) is 0 Å². The highest BCUT2D eigenvalue weighted by molar-refractivity contribution is 5.84. The first-order valence-electron chi connectivity index (χ1n) is 5.82. The van der Waals surface area contributed by atoms with Crippen molar-refractivity contribution >= 4 is 10.9 Å².